The largest absolute Gasteiger partial charge is 0.446 e. The summed E-state index contributed by atoms with van der Waals surface area (Å²) in [7, 11) is -9.63. The fourth-order valence-corrected chi connectivity index (χ4v) is 3.22. The Labute approximate surface area is 137 Å². The highest BCUT2D eigenvalue weighted by Gasteiger charge is 2.21. The zero-order valence-corrected chi connectivity index (χ0v) is 13.4. The molecule has 3 aromatic rings. The average Bonchev–Trinajstić information content (AvgIpc) is 2.48. The van der Waals surface area contributed by atoms with Crippen LogP contribution in [-0.2, 0) is 20.8 Å². The standard InChI is InChI=1S/C14H10O8S2/c15-23(16,17)21-13-9-5-1-2-6-10(9)14(22-24(18,19)20)12-8-4-3-7-11(12)13/h1-8H,(H,15,16,17)(H,18,19,20). The molecule has 0 aliphatic heterocycles. The summed E-state index contributed by atoms with van der Waals surface area (Å²) in [6, 6.07) is 12.1. The number of fused-ring (bicyclic) bond motifs is 2. The van der Waals surface area contributed by atoms with E-state index in [2.05, 4.69) is 8.37 Å². The predicted molar refractivity (Wildman–Crippen MR) is 85.8 cm³/mol. The second kappa shape index (κ2) is 5.60. The van der Waals surface area contributed by atoms with Crippen LogP contribution in [0.5, 0.6) is 11.5 Å². The van der Waals surface area contributed by atoms with Gasteiger partial charge in [-0.25, -0.2) is 0 Å². The molecule has 24 heavy (non-hydrogen) atoms. The van der Waals surface area contributed by atoms with Crippen molar-refractivity contribution in [1.29, 1.82) is 0 Å². The summed E-state index contributed by atoms with van der Waals surface area (Å²) in [5.41, 5.74) is 0. The van der Waals surface area contributed by atoms with E-state index < -0.39 is 20.8 Å². The van der Waals surface area contributed by atoms with E-state index in [9.17, 15) is 16.8 Å². The number of hydrogen-bond acceptors (Lipinski definition) is 6. The molecule has 0 saturated heterocycles. The molecule has 0 amide bonds. The number of hydrogen-bond donors (Lipinski definition) is 2. The monoisotopic (exact) mass is 370 g/mol. The zero-order chi connectivity index (χ0) is 17.5. The lowest BCUT2D eigenvalue weighted by Crippen LogP contribution is -2.10. The van der Waals surface area contributed by atoms with Crippen molar-refractivity contribution in [2.24, 2.45) is 0 Å². The maximum absolute atomic E-state index is 11.2. The van der Waals surface area contributed by atoms with Crippen molar-refractivity contribution in [3.05, 3.63) is 48.5 Å². The van der Waals surface area contributed by atoms with E-state index in [1.165, 1.54) is 24.3 Å². The van der Waals surface area contributed by atoms with E-state index in [0.717, 1.165) is 0 Å². The van der Waals surface area contributed by atoms with Crippen LogP contribution in [0.2, 0.25) is 0 Å². The smallest absolute Gasteiger partial charge is 0.360 e. The first-order valence-corrected chi connectivity index (χ1v) is 9.16. The van der Waals surface area contributed by atoms with Crippen LogP contribution in [0.4, 0.5) is 0 Å². The van der Waals surface area contributed by atoms with Gasteiger partial charge in [0.2, 0.25) is 0 Å². The van der Waals surface area contributed by atoms with E-state index in [0.29, 0.717) is 0 Å². The van der Waals surface area contributed by atoms with Gasteiger partial charge in [0, 0.05) is 21.5 Å². The molecular formula is C14H10O8S2. The van der Waals surface area contributed by atoms with Crippen molar-refractivity contribution in [2.45, 2.75) is 0 Å². The fourth-order valence-electron chi connectivity index (χ4n) is 2.44. The third kappa shape index (κ3) is 3.26. The maximum Gasteiger partial charge on any atom is 0.446 e. The summed E-state index contributed by atoms with van der Waals surface area (Å²) in [5.74, 6) is -0.377. The van der Waals surface area contributed by atoms with Gasteiger partial charge in [-0.3, -0.25) is 9.11 Å². The SMILES string of the molecule is O=S(=O)(O)Oc1c2ccccc2c(OS(=O)(=O)O)c2ccccc12. The molecule has 0 spiro atoms. The molecule has 0 radical (unpaired) electrons. The third-order valence-electron chi connectivity index (χ3n) is 3.21. The van der Waals surface area contributed by atoms with Gasteiger partial charge in [-0.2, -0.15) is 16.8 Å². The van der Waals surface area contributed by atoms with Crippen LogP contribution in [0, 0.1) is 0 Å². The Morgan fingerprint density at radius 3 is 1.04 bits per heavy atom. The molecule has 0 unspecified atom stereocenters. The second-order valence-corrected chi connectivity index (χ2v) is 6.82. The van der Waals surface area contributed by atoms with Crippen molar-refractivity contribution < 1.29 is 34.3 Å². The lowest BCUT2D eigenvalue weighted by molar-refractivity contribution is 0.385. The molecule has 3 aromatic carbocycles. The molecule has 0 aliphatic rings. The average molecular weight is 370 g/mol. The summed E-state index contributed by atoms with van der Waals surface area (Å²) in [4.78, 5) is 0. The van der Waals surface area contributed by atoms with Gasteiger partial charge >= 0.3 is 20.8 Å². The predicted octanol–water partition coefficient (Wildman–Crippen LogP) is 2.36. The van der Waals surface area contributed by atoms with E-state index in [1.54, 1.807) is 24.3 Å². The Hall–Kier alpha value is -2.40. The Morgan fingerprint density at radius 2 is 0.833 bits per heavy atom. The molecular weight excluding hydrogens is 360 g/mol. The van der Waals surface area contributed by atoms with Crippen molar-refractivity contribution >= 4 is 42.3 Å². The summed E-state index contributed by atoms with van der Waals surface area (Å²) in [6.45, 7) is 0. The normalized spacial score (nSPS) is 12.4. The lowest BCUT2D eigenvalue weighted by atomic mass is 10.0. The van der Waals surface area contributed by atoms with Crippen LogP contribution < -0.4 is 8.37 Å². The van der Waals surface area contributed by atoms with Crippen molar-refractivity contribution in [3.8, 4) is 11.5 Å². The van der Waals surface area contributed by atoms with E-state index >= 15 is 0 Å². The lowest BCUT2D eigenvalue weighted by Gasteiger charge is -2.14. The molecule has 10 heteroatoms. The van der Waals surface area contributed by atoms with E-state index in [-0.39, 0.29) is 33.0 Å². The van der Waals surface area contributed by atoms with Gasteiger partial charge in [0.1, 0.15) is 0 Å². The molecule has 126 valence electrons. The minimum absolute atomic E-state index is 0.174. The van der Waals surface area contributed by atoms with Crippen LogP contribution in [0.3, 0.4) is 0 Å². The van der Waals surface area contributed by atoms with Crippen LogP contribution in [0.25, 0.3) is 21.5 Å². The summed E-state index contributed by atoms with van der Waals surface area (Å²) < 4.78 is 72.1. The van der Waals surface area contributed by atoms with Crippen LogP contribution >= 0.6 is 0 Å². The first-order valence-electron chi connectivity index (χ1n) is 6.43. The van der Waals surface area contributed by atoms with Gasteiger partial charge in [-0.1, -0.05) is 48.5 Å². The highest BCUT2D eigenvalue weighted by molar-refractivity contribution is 7.81. The minimum Gasteiger partial charge on any atom is -0.360 e. The Balaban J connectivity index is 2.50. The van der Waals surface area contributed by atoms with Gasteiger partial charge < -0.3 is 8.37 Å². The maximum atomic E-state index is 11.2. The van der Waals surface area contributed by atoms with Crippen molar-refractivity contribution in [1.82, 2.24) is 0 Å². The van der Waals surface area contributed by atoms with Crippen molar-refractivity contribution in [2.75, 3.05) is 0 Å². The molecule has 0 heterocycles. The highest BCUT2D eigenvalue weighted by atomic mass is 32.3. The molecule has 3 rings (SSSR count). The fraction of sp³-hybridized carbons (Fsp3) is 0. The number of rotatable bonds is 4. The van der Waals surface area contributed by atoms with Crippen molar-refractivity contribution in [3.63, 3.8) is 0 Å². The zero-order valence-electron chi connectivity index (χ0n) is 11.8. The Bertz CT molecular complexity index is 1000. The summed E-state index contributed by atoms with van der Waals surface area (Å²) in [6.07, 6.45) is 0. The van der Waals surface area contributed by atoms with Gasteiger partial charge in [0.15, 0.2) is 11.5 Å². The first kappa shape index (κ1) is 16.5. The van der Waals surface area contributed by atoms with Gasteiger partial charge in [-0.15, -0.1) is 0 Å². The third-order valence-corrected chi connectivity index (χ3v) is 3.96. The Kier molecular flexibility index (Phi) is 3.84. The molecule has 0 saturated carbocycles. The molecule has 0 aliphatic carbocycles. The molecule has 0 aromatic heterocycles. The van der Waals surface area contributed by atoms with Crippen LogP contribution in [0.15, 0.2) is 48.5 Å². The summed E-state index contributed by atoms with van der Waals surface area (Å²) >= 11 is 0. The van der Waals surface area contributed by atoms with Gasteiger partial charge in [-0.05, 0) is 0 Å². The topological polar surface area (TPSA) is 127 Å². The highest BCUT2D eigenvalue weighted by Crippen LogP contribution is 2.43. The van der Waals surface area contributed by atoms with Crippen LogP contribution in [-0.4, -0.2) is 25.9 Å². The second-order valence-electron chi connectivity index (χ2n) is 4.77. The molecule has 0 atom stereocenters. The van der Waals surface area contributed by atoms with Crippen LogP contribution in [0.1, 0.15) is 0 Å². The molecule has 0 bridgehead atoms. The Morgan fingerprint density at radius 1 is 0.583 bits per heavy atom. The minimum atomic E-state index is -4.82. The summed E-state index contributed by atoms with van der Waals surface area (Å²) in [5, 5.41) is 0.694. The van der Waals surface area contributed by atoms with Gasteiger partial charge in [0.05, 0.1) is 0 Å². The molecule has 0 fully saturated rings. The van der Waals surface area contributed by atoms with E-state index in [1.807, 2.05) is 0 Å². The molecule has 2 N–H and O–H groups in total. The first-order chi connectivity index (χ1) is 11.2. The van der Waals surface area contributed by atoms with E-state index in [4.69, 9.17) is 9.11 Å². The molecule has 8 nitrogen and oxygen atoms in total. The number of benzene rings is 3. The quantitative estimate of drug-likeness (QED) is 0.529. The van der Waals surface area contributed by atoms with Gasteiger partial charge in [0.25, 0.3) is 0 Å².